The highest BCUT2D eigenvalue weighted by Gasteiger charge is 2.46. The van der Waals surface area contributed by atoms with E-state index in [4.69, 9.17) is 18.6 Å². The molecule has 10 rings (SSSR count). The number of furan rings is 1. The largest absolute Gasteiger partial charge is 0.491 e. The molecule has 3 aliphatic rings. The smallest absolute Gasteiger partial charge is 0.289 e. The number of nitrogens with one attached hydrogen (secondary N) is 2. The van der Waals surface area contributed by atoms with E-state index in [-0.39, 0.29) is 56.4 Å². The van der Waals surface area contributed by atoms with Crippen LogP contribution in [0.25, 0.3) is 32.5 Å². The second-order valence-corrected chi connectivity index (χ2v) is 20.2. The van der Waals surface area contributed by atoms with Crippen molar-refractivity contribution in [3.8, 4) is 33.1 Å². The molecule has 0 saturated carbocycles. The minimum absolute atomic E-state index is 0.00935. The number of fused-ring (bicyclic) bond motifs is 2. The number of likely N-dealkylation sites (tertiary alicyclic amines) is 1. The van der Waals surface area contributed by atoms with Gasteiger partial charge in [-0.2, -0.15) is 5.10 Å². The van der Waals surface area contributed by atoms with Gasteiger partial charge in [0.1, 0.15) is 36.8 Å². The number of H-pyrrole nitrogens is 1. The molecule has 3 aliphatic heterocycles. The number of β-amino-alcohol motifs (C(OH)–C–C–N with tert-alkyl or cyclic N) is 1. The molecule has 3 aromatic heterocycles. The molecule has 384 valence electrons. The molecular formula is C56H60N8O9S. The van der Waals surface area contributed by atoms with Crippen LogP contribution in [0.4, 0.5) is 0 Å². The molecule has 3 atom stereocenters. The summed E-state index contributed by atoms with van der Waals surface area (Å²) in [4.78, 5) is 67.5. The summed E-state index contributed by atoms with van der Waals surface area (Å²) < 4.78 is 24.2. The van der Waals surface area contributed by atoms with Gasteiger partial charge in [-0.1, -0.05) is 62.4 Å². The Bertz CT molecular complexity index is 3130. The summed E-state index contributed by atoms with van der Waals surface area (Å²) in [5.74, 6) is 0.330. The summed E-state index contributed by atoms with van der Waals surface area (Å²) in [6.07, 6.45) is 2.54. The SMILES string of the molecule is Cc1ncsc1-c1ccc(CNC(=O)[C@@H]2C[C@@H](O)CN2C(=O)[C@H](C(C)C)N2Cc3ccccc3C2=O)c(OCCOCCOc2ccc(-c3cccc4[nH]ncc34)cc2CN2CCN(C(=O)c3ccco3)CC2)c1. The van der Waals surface area contributed by atoms with E-state index in [0.717, 1.165) is 60.6 Å². The number of piperazine rings is 1. The summed E-state index contributed by atoms with van der Waals surface area (Å²) in [6.45, 7) is 10.4. The van der Waals surface area contributed by atoms with Gasteiger partial charge in [0.25, 0.3) is 11.8 Å². The van der Waals surface area contributed by atoms with Gasteiger partial charge in [-0.15, -0.1) is 11.3 Å². The lowest BCUT2D eigenvalue weighted by atomic mass is 9.99. The maximum atomic E-state index is 14.3. The van der Waals surface area contributed by atoms with E-state index >= 15 is 0 Å². The monoisotopic (exact) mass is 1020 g/mol. The summed E-state index contributed by atoms with van der Waals surface area (Å²) in [6, 6.07) is 27.2. The van der Waals surface area contributed by atoms with E-state index in [1.165, 1.54) is 22.5 Å². The van der Waals surface area contributed by atoms with Crippen LogP contribution >= 0.6 is 11.3 Å². The molecule has 74 heavy (non-hydrogen) atoms. The topological polar surface area (TPSA) is 196 Å². The number of amides is 4. The fourth-order valence-electron chi connectivity index (χ4n) is 10.3. The van der Waals surface area contributed by atoms with Crippen molar-refractivity contribution in [2.24, 2.45) is 5.92 Å². The number of carbonyl (C=O) groups is 4. The number of hydrogen-bond acceptors (Lipinski definition) is 13. The predicted octanol–water partition coefficient (Wildman–Crippen LogP) is 6.95. The van der Waals surface area contributed by atoms with Crippen LogP contribution in [0.5, 0.6) is 11.5 Å². The molecule has 18 heteroatoms. The average Bonchev–Trinajstić information content (AvgIpc) is 4.29. The highest BCUT2D eigenvalue weighted by atomic mass is 32.1. The van der Waals surface area contributed by atoms with Crippen molar-refractivity contribution in [2.45, 2.75) is 65.0 Å². The number of rotatable bonds is 19. The lowest BCUT2D eigenvalue weighted by Crippen LogP contribution is -2.55. The van der Waals surface area contributed by atoms with E-state index in [1.54, 1.807) is 28.6 Å². The Kier molecular flexibility index (Phi) is 15.2. The number of aryl methyl sites for hydroxylation is 1. The van der Waals surface area contributed by atoms with Gasteiger partial charge in [-0.25, -0.2) is 4.98 Å². The Morgan fingerprint density at radius 1 is 0.878 bits per heavy atom. The number of ether oxygens (including phenoxy) is 3. The van der Waals surface area contributed by atoms with E-state index in [0.29, 0.717) is 69.6 Å². The van der Waals surface area contributed by atoms with E-state index < -0.39 is 24.1 Å². The van der Waals surface area contributed by atoms with Gasteiger partial charge in [0.05, 0.1) is 53.4 Å². The van der Waals surface area contributed by atoms with Crippen LogP contribution in [0.3, 0.4) is 0 Å². The number of nitrogens with zero attached hydrogens (tertiary/aromatic N) is 6. The molecule has 2 saturated heterocycles. The summed E-state index contributed by atoms with van der Waals surface area (Å²) in [5.41, 5.74) is 9.84. The molecule has 0 unspecified atom stereocenters. The molecule has 2 fully saturated rings. The van der Waals surface area contributed by atoms with Gasteiger partial charge in [0.15, 0.2) is 5.76 Å². The molecular weight excluding hydrogens is 961 g/mol. The molecule has 4 amide bonds. The Hall–Kier alpha value is -7.38. The third kappa shape index (κ3) is 10.8. The molecule has 0 bridgehead atoms. The maximum Gasteiger partial charge on any atom is 0.289 e. The second-order valence-electron chi connectivity index (χ2n) is 19.3. The second kappa shape index (κ2) is 22.4. The Balaban J connectivity index is 0.764. The van der Waals surface area contributed by atoms with Crippen LogP contribution in [-0.2, 0) is 34.0 Å². The molecule has 17 nitrogen and oxygen atoms in total. The fourth-order valence-corrected chi connectivity index (χ4v) is 11.1. The number of aliphatic hydroxyl groups excluding tert-OH is 1. The van der Waals surface area contributed by atoms with Crippen LogP contribution in [0, 0.1) is 12.8 Å². The standard InChI is InChI=1S/C56H60N8O9S/c1-35(2)51(64-32-40-8-4-5-9-44(40)54(64)67)56(69)63-33-42(65)28-47(63)53(66)57-29-39-14-13-38(52-36(3)58-34-74-52)27-50(39)73-25-23-70-22-24-72-48-16-15-37(43-10-6-11-46-45(43)30-59-60-46)26-41(48)31-61-17-19-62(20-18-61)55(68)49-12-7-21-71-49/h4-16,21,26-27,30,34-35,42,47,51,65H,17-20,22-25,28-29,31-33H2,1-3H3,(H,57,66)(H,59,60)/t42-,47+,51+/m1/s1. The summed E-state index contributed by atoms with van der Waals surface area (Å²) in [7, 11) is 0. The van der Waals surface area contributed by atoms with Crippen molar-refractivity contribution in [2.75, 3.05) is 59.2 Å². The average molecular weight is 1020 g/mol. The van der Waals surface area contributed by atoms with Crippen LogP contribution in [0.2, 0.25) is 0 Å². The zero-order valence-corrected chi connectivity index (χ0v) is 42.5. The van der Waals surface area contributed by atoms with Gasteiger partial charge in [0.2, 0.25) is 11.8 Å². The lowest BCUT2D eigenvalue weighted by Gasteiger charge is -2.35. The van der Waals surface area contributed by atoms with E-state index in [2.05, 4.69) is 43.6 Å². The number of thiazole rings is 1. The Labute approximate surface area is 433 Å². The Morgan fingerprint density at radius 3 is 2.42 bits per heavy atom. The van der Waals surface area contributed by atoms with Crippen molar-refractivity contribution in [3.63, 3.8) is 0 Å². The first-order valence-corrected chi connectivity index (χ1v) is 26.0. The van der Waals surface area contributed by atoms with E-state index in [1.807, 2.05) is 86.5 Å². The molecule has 0 radical (unpaired) electrons. The fraction of sp³-hybridized carbons (Fsp3) is 0.357. The van der Waals surface area contributed by atoms with Crippen molar-refractivity contribution >= 4 is 45.9 Å². The zero-order valence-electron chi connectivity index (χ0n) is 41.7. The summed E-state index contributed by atoms with van der Waals surface area (Å²) >= 11 is 1.53. The van der Waals surface area contributed by atoms with Crippen molar-refractivity contribution < 1.29 is 42.9 Å². The third-order valence-electron chi connectivity index (χ3n) is 14.1. The van der Waals surface area contributed by atoms with Gasteiger partial charge in [0, 0.05) is 80.9 Å². The van der Waals surface area contributed by atoms with Gasteiger partial charge >= 0.3 is 0 Å². The van der Waals surface area contributed by atoms with Crippen molar-refractivity contribution in [3.05, 3.63) is 143 Å². The highest BCUT2D eigenvalue weighted by molar-refractivity contribution is 7.13. The lowest BCUT2D eigenvalue weighted by molar-refractivity contribution is -0.143. The molecule has 7 aromatic rings. The minimum Gasteiger partial charge on any atom is -0.491 e. The van der Waals surface area contributed by atoms with Crippen LogP contribution < -0.4 is 14.8 Å². The first-order valence-electron chi connectivity index (χ1n) is 25.1. The third-order valence-corrected chi connectivity index (χ3v) is 15.1. The molecule has 4 aromatic carbocycles. The van der Waals surface area contributed by atoms with E-state index in [9.17, 15) is 24.3 Å². The van der Waals surface area contributed by atoms with Gasteiger partial charge in [-0.3, -0.25) is 29.2 Å². The first kappa shape index (κ1) is 50.2. The normalized spacial score (nSPS) is 17.3. The van der Waals surface area contributed by atoms with Gasteiger partial charge in [-0.05, 0) is 77.6 Å². The van der Waals surface area contributed by atoms with Crippen molar-refractivity contribution in [1.82, 2.24) is 40.1 Å². The van der Waals surface area contributed by atoms with Gasteiger partial charge < -0.3 is 43.8 Å². The number of aromatic nitrogens is 3. The van der Waals surface area contributed by atoms with Crippen LogP contribution in [-0.4, -0.2) is 141 Å². The highest BCUT2D eigenvalue weighted by Crippen LogP contribution is 2.35. The quantitative estimate of drug-likeness (QED) is 0.0707. The first-order chi connectivity index (χ1) is 36.0. The van der Waals surface area contributed by atoms with Crippen LogP contribution in [0.1, 0.15) is 63.6 Å². The Morgan fingerprint density at radius 2 is 1.66 bits per heavy atom. The number of benzene rings is 4. The van der Waals surface area contributed by atoms with Crippen molar-refractivity contribution in [1.29, 1.82) is 0 Å². The summed E-state index contributed by atoms with van der Waals surface area (Å²) in [5, 5.41) is 22.2. The van der Waals surface area contributed by atoms with Crippen LogP contribution in [0.15, 0.2) is 113 Å². The predicted molar refractivity (Wildman–Crippen MR) is 278 cm³/mol. The zero-order chi connectivity index (χ0) is 51.3. The molecule has 0 aliphatic carbocycles. The number of aromatic amines is 1. The minimum atomic E-state index is -0.926. The molecule has 6 heterocycles. The molecule has 3 N–H and O–H groups in total. The number of hydrogen-bond donors (Lipinski definition) is 3. The molecule has 0 spiro atoms. The number of carbonyl (C=O) groups excluding carboxylic acids is 4. The maximum absolute atomic E-state index is 14.3. The number of aliphatic hydroxyl groups is 1.